The van der Waals surface area contributed by atoms with Gasteiger partial charge in [-0.15, -0.1) is 16.9 Å². The SMILES string of the molecule is C[C@H](C(=O)NCCSc1cn[nH]n1)n1cnc2ccccc2c1=O. The van der Waals surface area contributed by atoms with Crippen molar-refractivity contribution in [2.75, 3.05) is 12.3 Å². The van der Waals surface area contributed by atoms with Crippen molar-refractivity contribution in [2.24, 2.45) is 0 Å². The lowest BCUT2D eigenvalue weighted by Gasteiger charge is -2.15. The summed E-state index contributed by atoms with van der Waals surface area (Å²) in [6.07, 6.45) is 3.04. The predicted octanol–water partition coefficient (Wildman–Crippen LogP) is 0.984. The summed E-state index contributed by atoms with van der Waals surface area (Å²) >= 11 is 1.48. The highest BCUT2D eigenvalue weighted by Crippen LogP contribution is 2.11. The zero-order valence-electron chi connectivity index (χ0n) is 13.0. The number of para-hydroxylation sites is 1. The van der Waals surface area contributed by atoms with E-state index in [1.54, 1.807) is 31.3 Å². The van der Waals surface area contributed by atoms with Crippen LogP contribution in [0.3, 0.4) is 0 Å². The number of benzene rings is 1. The van der Waals surface area contributed by atoms with E-state index in [0.29, 0.717) is 23.2 Å². The molecule has 0 saturated carbocycles. The van der Waals surface area contributed by atoms with Crippen molar-refractivity contribution < 1.29 is 4.79 Å². The topological polar surface area (TPSA) is 106 Å². The van der Waals surface area contributed by atoms with Crippen molar-refractivity contribution in [3.05, 3.63) is 47.1 Å². The van der Waals surface area contributed by atoms with Crippen molar-refractivity contribution in [2.45, 2.75) is 18.0 Å². The largest absolute Gasteiger partial charge is 0.353 e. The Labute approximate surface area is 141 Å². The number of carbonyl (C=O) groups is 1. The molecule has 2 N–H and O–H groups in total. The number of rotatable bonds is 6. The zero-order valence-corrected chi connectivity index (χ0v) is 13.8. The Morgan fingerprint density at radius 3 is 3.04 bits per heavy atom. The number of aromatic amines is 1. The highest BCUT2D eigenvalue weighted by atomic mass is 32.2. The molecule has 0 radical (unpaired) electrons. The zero-order chi connectivity index (χ0) is 16.9. The smallest absolute Gasteiger partial charge is 0.261 e. The first-order valence-corrected chi connectivity index (χ1v) is 8.37. The van der Waals surface area contributed by atoms with Crippen LogP contribution in [0.15, 0.2) is 46.6 Å². The van der Waals surface area contributed by atoms with Gasteiger partial charge in [-0.2, -0.15) is 10.3 Å². The van der Waals surface area contributed by atoms with Gasteiger partial charge in [0.2, 0.25) is 5.91 Å². The first kappa shape index (κ1) is 16.2. The number of nitrogens with zero attached hydrogens (tertiary/aromatic N) is 4. The van der Waals surface area contributed by atoms with Gasteiger partial charge in [0.25, 0.3) is 5.56 Å². The fourth-order valence-electron chi connectivity index (χ4n) is 2.22. The van der Waals surface area contributed by atoms with Crippen LogP contribution in [0.4, 0.5) is 0 Å². The van der Waals surface area contributed by atoms with E-state index in [2.05, 4.69) is 25.7 Å². The van der Waals surface area contributed by atoms with Crippen molar-refractivity contribution in [1.29, 1.82) is 0 Å². The minimum atomic E-state index is -0.633. The van der Waals surface area contributed by atoms with E-state index in [9.17, 15) is 9.59 Å². The van der Waals surface area contributed by atoms with E-state index >= 15 is 0 Å². The van der Waals surface area contributed by atoms with E-state index in [-0.39, 0.29) is 11.5 Å². The molecule has 0 saturated heterocycles. The summed E-state index contributed by atoms with van der Waals surface area (Å²) in [5.41, 5.74) is 0.399. The molecule has 2 aromatic heterocycles. The van der Waals surface area contributed by atoms with E-state index in [4.69, 9.17) is 0 Å². The fourth-order valence-corrected chi connectivity index (χ4v) is 2.87. The average Bonchev–Trinajstić information content (AvgIpc) is 3.12. The summed E-state index contributed by atoms with van der Waals surface area (Å²) in [6, 6.07) is 6.45. The average molecular weight is 344 g/mol. The lowest BCUT2D eigenvalue weighted by Crippen LogP contribution is -2.36. The molecule has 0 aliphatic carbocycles. The normalized spacial score (nSPS) is 12.2. The molecule has 8 nitrogen and oxygen atoms in total. The summed E-state index contributed by atoms with van der Waals surface area (Å²) < 4.78 is 1.35. The van der Waals surface area contributed by atoms with Gasteiger partial charge in [0.15, 0.2) is 0 Å². The third-order valence-corrected chi connectivity index (χ3v) is 4.43. The van der Waals surface area contributed by atoms with E-state index < -0.39 is 6.04 Å². The molecule has 0 fully saturated rings. The molecule has 0 aliphatic rings. The van der Waals surface area contributed by atoms with Gasteiger partial charge in [-0.3, -0.25) is 14.2 Å². The van der Waals surface area contributed by atoms with Gasteiger partial charge in [-0.25, -0.2) is 4.98 Å². The van der Waals surface area contributed by atoms with E-state index in [1.807, 2.05) is 6.07 Å². The highest BCUT2D eigenvalue weighted by molar-refractivity contribution is 7.99. The Morgan fingerprint density at radius 2 is 2.25 bits per heavy atom. The molecule has 0 spiro atoms. The molecule has 1 amide bonds. The first-order chi connectivity index (χ1) is 11.7. The van der Waals surface area contributed by atoms with Crippen LogP contribution < -0.4 is 10.9 Å². The molecular weight excluding hydrogens is 328 g/mol. The quantitative estimate of drug-likeness (QED) is 0.510. The third kappa shape index (κ3) is 3.46. The number of aromatic nitrogens is 5. The lowest BCUT2D eigenvalue weighted by molar-refractivity contribution is -0.123. The Balaban J connectivity index is 1.63. The Morgan fingerprint density at radius 1 is 1.42 bits per heavy atom. The van der Waals surface area contributed by atoms with Crippen molar-refractivity contribution in [1.82, 2.24) is 30.3 Å². The molecule has 124 valence electrons. The molecule has 2 heterocycles. The van der Waals surface area contributed by atoms with Crippen LogP contribution in [0, 0.1) is 0 Å². The second kappa shape index (κ2) is 7.26. The molecule has 3 aromatic rings. The monoisotopic (exact) mass is 344 g/mol. The summed E-state index contributed by atoms with van der Waals surface area (Å²) in [5, 5.41) is 14.2. The number of H-pyrrole nitrogens is 1. The van der Waals surface area contributed by atoms with Gasteiger partial charge < -0.3 is 5.32 Å². The number of hydrogen-bond donors (Lipinski definition) is 2. The molecule has 0 bridgehead atoms. The van der Waals surface area contributed by atoms with Gasteiger partial charge in [0.1, 0.15) is 11.1 Å². The highest BCUT2D eigenvalue weighted by Gasteiger charge is 2.17. The molecule has 0 aliphatic heterocycles. The van der Waals surface area contributed by atoms with Crippen molar-refractivity contribution in [3.8, 4) is 0 Å². The summed E-state index contributed by atoms with van der Waals surface area (Å²) in [7, 11) is 0. The van der Waals surface area contributed by atoms with Crippen LogP contribution >= 0.6 is 11.8 Å². The number of carbonyl (C=O) groups excluding carboxylic acids is 1. The Bertz CT molecular complexity index is 892. The second-order valence-electron chi connectivity index (χ2n) is 5.10. The first-order valence-electron chi connectivity index (χ1n) is 7.39. The summed E-state index contributed by atoms with van der Waals surface area (Å²) in [4.78, 5) is 29.0. The predicted molar refractivity (Wildman–Crippen MR) is 90.8 cm³/mol. The van der Waals surface area contributed by atoms with Crippen LogP contribution in [0.5, 0.6) is 0 Å². The lowest BCUT2D eigenvalue weighted by atomic mass is 10.2. The molecule has 9 heteroatoms. The van der Waals surface area contributed by atoms with Gasteiger partial charge in [-0.1, -0.05) is 12.1 Å². The van der Waals surface area contributed by atoms with Crippen LogP contribution in [-0.2, 0) is 4.79 Å². The Hall–Kier alpha value is -2.68. The minimum Gasteiger partial charge on any atom is -0.353 e. The van der Waals surface area contributed by atoms with E-state index in [0.717, 1.165) is 5.03 Å². The van der Waals surface area contributed by atoms with Crippen LogP contribution in [0.25, 0.3) is 10.9 Å². The molecule has 0 unspecified atom stereocenters. The van der Waals surface area contributed by atoms with Crippen LogP contribution in [-0.4, -0.2) is 43.2 Å². The third-order valence-electron chi connectivity index (χ3n) is 3.53. The standard InChI is InChI=1S/C15H16N6O2S/c1-10(14(22)16-6-7-24-13-8-18-20-19-13)21-9-17-12-5-3-2-4-11(12)15(21)23/h2-5,8-10H,6-7H2,1H3,(H,16,22)(H,18,19,20)/t10-/m1/s1. The van der Waals surface area contributed by atoms with Crippen LogP contribution in [0.1, 0.15) is 13.0 Å². The number of amides is 1. The molecule has 3 rings (SSSR count). The van der Waals surface area contributed by atoms with Crippen molar-refractivity contribution >= 4 is 28.6 Å². The van der Waals surface area contributed by atoms with E-state index in [1.165, 1.54) is 22.7 Å². The number of hydrogen-bond acceptors (Lipinski definition) is 6. The molecule has 1 atom stereocenters. The number of fused-ring (bicyclic) bond motifs is 1. The van der Waals surface area contributed by atoms with Crippen LogP contribution in [0.2, 0.25) is 0 Å². The minimum absolute atomic E-state index is 0.222. The maximum absolute atomic E-state index is 12.5. The Kier molecular flexibility index (Phi) is 4.90. The van der Waals surface area contributed by atoms with Gasteiger partial charge >= 0.3 is 0 Å². The molecule has 24 heavy (non-hydrogen) atoms. The van der Waals surface area contributed by atoms with Gasteiger partial charge in [0.05, 0.1) is 23.4 Å². The summed E-state index contributed by atoms with van der Waals surface area (Å²) in [5.74, 6) is 0.436. The number of nitrogens with one attached hydrogen (secondary N) is 2. The second-order valence-corrected chi connectivity index (χ2v) is 6.21. The fraction of sp³-hybridized carbons (Fsp3) is 0.267. The maximum Gasteiger partial charge on any atom is 0.261 e. The van der Waals surface area contributed by atoms with Gasteiger partial charge in [0, 0.05) is 12.3 Å². The van der Waals surface area contributed by atoms with Gasteiger partial charge in [-0.05, 0) is 19.1 Å². The molecular formula is C15H16N6O2S. The molecule has 1 aromatic carbocycles. The maximum atomic E-state index is 12.5. The van der Waals surface area contributed by atoms with Crippen molar-refractivity contribution in [3.63, 3.8) is 0 Å². The summed E-state index contributed by atoms with van der Waals surface area (Å²) in [6.45, 7) is 2.15. The number of thioether (sulfide) groups is 1.